The summed E-state index contributed by atoms with van der Waals surface area (Å²) in [6, 6.07) is 3.43. The average molecular weight is 713 g/mol. The molecule has 2 aromatic rings. The fourth-order valence-electron chi connectivity index (χ4n) is 6.34. The van der Waals surface area contributed by atoms with Crippen molar-refractivity contribution in [1.82, 2.24) is 30.3 Å². The molecule has 3 heterocycles. The predicted octanol–water partition coefficient (Wildman–Crippen LogP) is 2.15. The van der Waals surface area contributed by atoms with Crippen molar-refractivity contribution >= 4 is 46.6 Å². The number of likely N-dealkylation sites (tertiary alicyclic amines) is 1. The van der Waals surface area contributed by atoms with Gasteiger partial charge < -0.3 is 39.5 Å². The van der Waals surface area contributed by atoms with Gasteiger partial charge in [0.2, 0.25) is 11.8 Å². The SMILES string of the molecule is CCOC(=O)CC[C@H](NC(=O)c1cc(OCC(=O)N2CCC[C@H]2C(=O)NC2CCC2)c2ccc(F)cc2n1)C(=O)N1CCN(C(=O)OCC)CC1. The van der Waals surface area contributed by atoms with Crippen LogP contribution in [0, 0.1) is 5.82 Å². The van der Waals surface area contributed by atoms with Crippen molar-refractivity contribution in [2.45, 2.75) is 76.9 Å². The Hall–Kier alpha value is -5.02. The monoisotopic (exact) mass is 712 g/mol. The maximum atomic E-state index is 14.3. The molecule has 0 spiro atoms. The third-order valence-electron chi connectivity index (χ3n) is 9.31. The summed E-state index contributed by atoms with van der Waals surface area (Å²) in [7, 11) is 0. The van der Waals surface area contributed by atoms with Crippen LogP contribution < -0.4 is 15.4 Å². The molecule has 2 atom stereocenters. The van der Waals surface area contributed by atoms with Crippen LogP contribution in [0.25, 0.3) is 10.9 Å². The van der Waals surface area contributed by atoms with Gasteiger partial charge in [0.15, 0.2) is 6.61 Å². The molecule has 0 bridgehead atoms. The van der Waals surface area contributed by atoms with Gasteiger partial charge in [-0.25, -0.2) is 14.2 Å². The third-order valence-corrected chi connectivity index (χ3v) is 9.31. The van der Waals surface area contributed by atoms with E-state index in [4.69, 9.17) is 14.2 Å². The molecule has 1 aromatic heterocycles. The maximum absolute atomic E-state index is 14.3. The van der Waals surface area contributed by atoms with E-state index in [-0.39, 0.29) is 81.1 Å². The Balaban J connectivity index is 1.30. The van der Waals surface area contributed by atoms with Crippen molar-refractivity contribution in [2.75, 3.05) is 52.5 Å². The number of rotatable bonds is 13. The normalized spacial score (nSPS) is 18.1. The number of piperazine rings is 1. The Bertz CT molecular complexity index is 1630. The third kappa shape index (κ3) is 9.41. The van der Waals surface area contributed by atoms with E-state index in [1.54, 1.807) is 13.8 Å². The minimum absolute atomic E-state index is 0.0765. The quantitative estimate of drug-likeness (QED) is 0.293. The molecule has 0 unspecified atom stereocenters. The van der Waals surface area contributed by atoms with Crippen LogP contribution in [0.4, 0.5) is 9.18 Å². The molecule has 16 heteroatoms. The number of nitrogens with zero attached hydrogens (tertiary/aromatic N) is 4. The molecule has 0 radical (unpaired) electrons. The van der Waals surface area contributed by atoms with Crippen molar-refractivity contribution in [3.63, 3.8) is 0 Å². The topological polar surface area (TPSA) is 177 Å². The molecule has 5 amide bonds. The molecule has 2 N–H and O–H groups in total. The molecule has 2 saturated heterocycles. The van der Waals surface area contributed by atoms with Gasteiger partial charge in [-0.3, -0.25) is 24.0 Å². The first-order valence-corrected chi connectivity index (χ1v) is 17.6. The molecule has 3 fully saturated rings. The van der Waals surface area contributed by atoms with Gasteiger partial charge in [0.25, 0.3) is 11.8 Å². The molecule has 3 aliphatic rings. The zero-order chi connectivity index (χ0) is 36.5. The smallest absolute Gasteiger partial charge is 0.409 e. The molecule has 15 nitrogen and oxygen atoms in total. The maximum Gasteiger partial charge on any atom is 0.409 e. The van der Waals surface area contributed by atoms with Gasteiger partial charge in [0.1, 0.15) is 29.3 Å². The summed E-state index contributed by atoms with van der Waals surface area (Å²) in [6.07, 6.45) is 3.42. The summed E-state index contributed by atoms with van der Waals surface area (Å²) in [5.41, 5.74) is -0.135. The van der Waals surface area contributed by atoms with Crippen molar-refractivity contribution in [1.29, 1.82) is 0 Å². The number of carbonyl (C=O) groups is 6. The second-order valence-corrected chi connectivity index (χ2v) is 12.7. The molecule has 51 heavy (non-hydrogen) atoms. The van der Waals surface area contributed by atoms with E-state index < -0.39 is 54.3 Å². The standard InChI is InChI=1S/C35H45FN6O9/c1-3-49-31(44)13-12-25(34(47)40-15-17-41(18-16-40)35(48)50-4-2)39-32(45)27-20-29(24-11-10-22(36)19-26(24)38-27)51-21-30(43)42-14-6-9-28(42)33(46)37-23-7-5-8-23/h10-11,19-20,23,25,28H,3-9,12-18,21H2,1-2H3,(H,37,46)(H,39,45)/t25-,28-/m0/s1. The number of benzene rings is 1. The van der Waals surface area contributed by atoms with E-state index in [2.05, 4.69) is 15.6 Å². The first-order valence-electron chi connectivity index (χ1n) is 17.6. The highest BCUT2D eigenvalue weighted by Crippen LogP contribution is 2.28. The van der Waals surface area contributed by atoms with Gasteiger partial charge in [-0.1, -0.05) is 0 Å². The van der Waals surface area contributed by atoms with Crippen molar-refractivity contribution in [3.05, 3.63) is 35.8 Å². The lowest BCUT2D eigenvalue weighted by Gasteiger charge is -2.36. The van der Waals surface area contributed by atoms with Gasteiger partial charge in [-0.2, -0.15) is 0 Å². The number of amides is 5. The number of halogens is 1. The lowest BCUT2D eigenvalue weighted by molar-refractivity contribution is -0.143. The summed E-state index contributed by atoms with van der Waals surface area (Å²) in [5, 5.41) is 6.02. The van der Waals surface area contributed by atoms with Crippen LogP contribution >= 0.6 is 0 Å². The zero-order valence-electron chi connectivity index (χ0n) is 29.0. The number of esters is 1. The van der Waals surface area contributed by atoms with E-state index >= 15 is 0 Å². The number of aromatic nitrogens is 1. The largest absolute Gasteiger partial charge is 0.483 e. The number of hydrogen-bond donors (Lipinski definition) is 2. The number of ether oxygens (including phenoxy) is 3. The van der Waals surface area contributed by atoms with Crippen LogP contribution in [0.3, 0.4) is 0 Å². The summed E-state index contributed by atoms with van der Waals surface area (Å²) < 4.78 is 30.3. The molecular weight excluding hydrogens is 667 g/mol. The number of pyridine rings is 1. The van der Waals surface area contributed by atoms with E-state index in [9.17, 15) is 33.2 Å². The minimum atomic E-state index is -1.16. The number of hydrogen-bond acceptors (Lipinski definition) is 10. The van der Waals surface area contributed by atoms with Gasteiger partial charge in [-0.05, 0) is 64.5 Å². The second-order valence-electron chi connectivity index (χ2n) is 12.7. The van der Waals surface area contributed by atoms with E-state index in [1.807, 2.05) is 0 Å². The highest BCUT2D eigenvalue weighted by molar-refractivity contribution is 5.99. The van der Waals surface area contributed by atoms with Gasteiger partial charge in [-0.15, -0.1) is 0 Å². The fraction of sp³-hybridized carbons (Fsp3) is 0.571. The molecule has 276 valence electrons. The van der Waals surface area contributed by atoms with Crippen molar-refractivity contribution in [2.24, 2.45) is 0 Å². The molecule has 2 aliphatic heterocycles. The molecular formula is C35H45FN6O9. The zero-order valence-corrected chi connectivity index (χ0v) is 29.0. The summed E-state index contributed by atoms with van der Waals surface area (Å²) in [5.74, 6) is -2.93. The van der Waals surface area contributed by atoms with Crippen LogP contribution in [0.2, 0.25) is 0 Å². The fourth-order valence-corrected chi connectivity index (χ4v) is 6.34. The lowest BCUT2D eigenvalue weighted by Crippen LogP contribution is -2.56. The van der Waals surface area contributed by atoms with Crippen molar-refractivity contribution in [3.8, 4) is 5.75 Å². The highest BCUT2D eigenvalue weighted by atomic mass is 19.1. The van der Waals surface area contributed by atoms with Crippen LogP contribution in [-0.2, 0) is 28.7 Å². The van der Waals surface area contributed by atoms with Crippen LogP contribution in [0.1, 0.15) is 69.3 Å². The summed E-state index contributed by atoms with van der Waals surface area (Å²) >= 11 is 0. The molecule has 1 aliphatic carbocycles. The average Bonchev–Trinajstić information content (AvgIpc) is 3.60. The number of nitrogens with one attached hydrogen (secondary N) is 2. The minimum Gasteiger partial charge on any atom is -0.483 e. The Morgan fingerprint density at radius 1 is 0.922 bits per heavy atom. The first-order chi connectivity index (χ1) is 24.6. The van der Waals surface area contributed by atoms with Crippen LogP contribution in [0.5, 0.6) is 5.75 Å². The van der Waals surface area contributed by atoms with Gasteiger partial charge in [0, 0.05) is 62.7 Å². The van der Waals surface area contributed by atoms with E-state index in [0.717, 1.165) is 25.3 Å². The molecule has 1 saturated carbocycles. The van der Waals surface area contributed by atoms with E-state index in [0.29, 0.717) is 24.8 Å². The highest BCUT2D eigenvalue weighted by Gasteiger charge is 2.36. The summed E-state index contributed by atoms with van der Waals surface area (Å²) in [6.45, 7) is 4.50. The number of fused-ring (bicyclic) bond motifs is 1. The molecule has 5 rings (SSSR count). The second kappa shape index (κ2) is 17.3. The van der Waals surface area contributed by atoms with Crippen LogP contribution in [0.15, 0.2) is 24.3 Å². The Morgan fingerprint density at radius 2 is 1.65 bits per heavy atom. The van der Waals surface area contributed by atoms with E-state index in [1.165, 1.54) is 32.9 Å². The first kappa shape index (κ1) is 37.2. The van der Waals surface area contributed by atoms with Gasteiger partial charge >= 0.3 is 12.1 Å². The van der Waals surface area contributed by atoms with Crippen molar-refractivity contribution < 1.29 is 47.4 Å². The Kier molecular flexibility index (Phi) is 12.6. The van der Waals surface area contributed by atoms with Crippen LogP contribution in [-0.4, -0.2) is 126 Å². The Morgan fingerprint density at radius 3 is 2.33 bits per heavy atom. The predicted molar refractivity (Wildman–Crippen MR) is 180 cm³/mol. The summed E-state index contributed by atoms with van der Waals surface area (Å²) in [4.78, 5) is 86.7. The number of carbonyl (C=O) groups excluding carboxylic acids is 6. The van der Waals surface area contributed by atoms with Gasteiger partial charge in [0.05, 0.1) is 18.7 Å². The Labute approximate surface area is 295 Å². The molecule has 1 aromatic carbocycles. The lowest BCUT2D eigenvalue weighted by atomic mass is 9.93.